The SMILES string of the molecule is CC(C)Cc1cc(-c2ccc3c(c2)CN(C2CCC(=O)NC2=O)C3=O)no1. The number of fused-ring (bicyclic) bond motifs is 1. The van der Waals surface area contributed by atoms with Gasteiger partial charge in [-0.05, 0) is 30.0 Å². The van der Waals surface area contributed by atoms with Gasteiger partial charge < -0.3 is 9.42 Å². The second-order valence-corrected chi connectivity index (χ2v) is 7.55. The average molecular weight is 367 g/mol. The monoisotopic (exact) mass is 367 g/mol. The third-order valence-corrected chi connectivity index (χ3v) is 4.99. The molecule has 27 heavy (non-hydrogen) atoms. The molecule has 2 aliphatic heterocycles. The fraction of sp³-hybridized carbons (Fsp3) is 0.400. The highest BCUT2D eigenvalue weighted by atomic mass is 16.5. The van der Waals surface area contributed by atoms with E-state index in [0.717, 1.165) is 29.0 Å². The van der Waals surface area contributed by atoms with E-state index in [-0.39, 0.29) is 18.2 Å². The van der Waals surface area contributed by atoms with Gasteiger partial charge in [-0.3, -0.25) is 19.7 Å². The lowest BCUT2D eigenvalue weighted by molar-refractivity contribution is -0.136. The second-order valence-electron chi connectivity index (χ2n) is 7.55. The van der Waals surface area contributed by atoms with Crippen LogP contribution in [0.3, 0.4) is 0 Å². The maximum Gasteiger partial charge on any atom is 0.255 e. The first-order valence-corrected chi connectivity index (χ1v) is 9.16. The fourth-order valence-corrected chi connectivity index (χ4v) is 3.68. The lowest BCUT2D eigenvalue weighted by atomic mass is 10.0. The summed E-state index contributed by atoms with van der Waals surface area (Å²) in [5.74, 6) is 0.451. The summed E-state index contributed by atoms with van der Waals surface area (Å²) in [6.07, 6.45) is 1.43. The topological polar surface area (TPSA) is 92.5 Å². The van der Waals surface area contributed by atoms with Crippen LogP contribution in [-0.4, -0.2) is 33.8 Å². The molecule has 7 heteroatoms. The molecule has 140 valence electrons. The third-order valence-electron chi connectivity index (χ3n) is 4.99. The van der Waals surface area contributed by atoms with E-state index in [1.54, 1.807) is 11.0 Å². The maximum absolute atomic E-state index is 12.7. The Balaban J connectivity index is 1.56. The predicted molar refractivity (Wildman–Crippen MR) is 96.5 cm³/mol. The zero-order chi connectivity index (χ0) is 19.1. The van der Waals surface area contributed by atoms with E-state index < -0.39 is 11.9 Å². The summed E-state index contributed by atoms with van der Waals surface area (Å²) in [5, 5.41) is 6.45. The normalized spacial score (nSPS) is 19.6. The molecule has 0 aliphatic carbocycles. The van der Waals surface area contributed by atoms with E-state index in [2.05, 4.69) is 24.3 Å². The Labute approximate surface area is 156 Å². The van der Waals surface area contributed by atoms with Crippen molar-refractivity contribution in [2.75, 3.05) is 0 Å². The molecule has 2 aliphatic rings. The van der Waals surface area contributed by atoms with Crippen LogP contribution in [0.5, 0.6) is 0 Å². The van der Waals surface area contributed by atoms with Crippen molar-refractivity contribution in [1.29, 1.82) is 0 Å². The van der Waals surface area contributed by atoms with E-state index in [4.69, 9.17) is 4.52 Å². The van der Waals surface area contributed by atoms with Gasteiger partial charge in [0.15, 0.2) is 0 Å². The van der Waals surface area contributed by atoms with Gasteiger partial charge in [0.05, 0.1) is 0 Å². The van der Waals surface area contributed by atoms with Gasteiger partial charge in [-0.25, -0.2) is 0 Å². The smallest absolute Gasteiger partial charge is 0.255 e. The highest BCUT2D eigenvalue weighted by molar-refractivity contribution is 6.05. The van der Waals surface area contributed by atoms with Crippen molar-refractivity contribution in [2.45, 2.75) is 45.7 Å². The van der Waals surface area contributed by atoms with Gasteiger partial charge in [0, 0.05) is 36.6 Å². The third kappa shape index (κ3) is 3.25. The molecule has 2 aromatic rings. The van der Waals surface area contributed by atoms with Crippen LogP contribution in [0, 0.1) is 5.92 Å². The molecule has 1 N–H and O–H groups in total. The molecular formula is C20H21N3O4. The molecule has 0 bridgehead atoms. The maximum atomic E-state index is 12.7. The Morgan fingerprint density at radius 3 is 2.81 bits per heavy atom. The van der Waals surface area contributed by atoms with E-state index in [1.165, 1.54) is 0 Å². The largest absolute Gasteiger partial charge is 0.361 e. The molecule has 0 spiro atoms. The zero-order valence-corrected chi connectivity index (χ0v) is 15.3. The number of carbonyl (C=O) groups excluding carboxylic acids is 3. The molecule has 3 amide bonds. The van der Waals surface area contributed by atoms with Crippen LogP contribution >= 0.6 is 0 Å². The minimum Gasteiger partial charge on any atom is -0.361 e. The lowest BCUT2D eigenvalue weighted by Gasteiger charge is -2.29. The van der Waals surface area contributed by atoms with Crippen molar-refractivity contribution in [3.63, 3.8) is 0 Å². The Kier molecular flexibility index (Phi) is 4.30. The lowest BCUT2D eigenvalue weighted by Crippen LogP contribution is -2.52. The number of nitrogens with zero attached hydrogens (tertiary/aromatic N) is 2. The molecule has 1 saturated heterocycles. The number of carbonyl (C=O) groups is 3. The number of rotatable bonds is 4. The van der Waals surface area contributed by atoms with Gasteiger partial charge >= 0.3 is 0 Å². The molecular weight excluding hydrogens is 346 g/mol. The first kappa shape index (κ1) is 17.5. The second kappa shape index (κ2) is 6.64. The molecule has 1 fully saturated rings. The highest BCUT2D eigenvalue weighted by Gasteiger charge is 2.39. The van der Waals surface area contributed by atoms with E-state index in [9.17, 15) is 14.4 Å². The summed E-state index contributed by atoms with van der Waals surface area (Å²) < 4.78 is 5.40. The van der Waals surface area contributed by atoms with Crippen LogP contribution in [0.15, 0.2) is 28.8 Å². The van der Waals surface area contributed by atoms with Gasteiger partial charge in [0.2, 0.25) is 11.8 Å². The number of aromatic nitrogens is 1. The van der Waals surface area contributed by atoms with Crippen LogP contribution in [0.1, 0.15) is 48.4 Å². The van der Waals surface area contributed by atoms with Crippen molar-refractivity contribution >= 4 is 17.7 Å². The summed E-state index contributed by atoms with van der Waals surface area (Å²) >= 11 is 0. The number of imide groups is 1. The number of hydrogen-bond acceptors (Lipinski definition) is 5. The van der Waals surface area contributed by atoms with Gasteiger partial charge in [0.1, 0.15) is 17.5 Å². The quantitative estimate of drug-likeness (QED) is 0.837. The van der Waals surface area contributed by atoms with Gasteiger partial charge in [-0.1, -0.05) is 25.1 Å². The molecule has 0 radical (unpaired) electrons. The van der Waals surface area contributed by atoms with Gasteiger partial charge in [0.25, 0.3) is 5.91 Å². The molecule has 3 heterocycles. The molecule has 1 aromatic carbocycles. The van der Waals surface area contributed by atoms with E-state index in [0.29, 0.717) is 24.4 Å². The Bertz CT molecular complexity index is 931. The average Bonchev–Trinajstić information content (AvgIpc) is 3.19. The van der Waals surface area contributed by atoms with E-state index in [1.807, 2.05) is 18.2 Å². The number of amides is 3. The molecule has 1 unspecified atom stereocenters. The summed E-state index contributed by atoms with van der Waals surface area (Å²) in [6.45, 7) is 4.59. The van der Waals surface area contributed by atoms with Crippen LogP contribution < -0.4 is 5.32 Å². The Hall–Kier alpha value is -2.96. The summed E-state index contributed by atoms with van der Waals surface area (Å²) in [6, 6.07) is 6.88. The van der Waals surface area contributed by atoms with Crippen molar-refractivity contribution in [1.82, 2.24) is 15.4 Å². The fourth-order valence-electron chi connectivity index (χ4n) is 3.68. The zero-order valence-electron chi connectivity index (χ0n) is 15.3. The van der Waals surface area contributed by atoms with E-state index >= 15 is 0 Å². The molecule has 7 nitrogen and oxygen atoms in total. The minimum atomic E-state index is -0.601. The van der Waals surface area contributed by atoms with Crippen LogP contribution in [0.25, 0.3) is 11.3 Å². The predicted octanol–water partition coefficient (Wildman–Crippen LogP) is 2.30. The first-order chi connectivity index (χ1) is 12.9. The standard InChI is InChI=1S/C20H21N3O4/c1-11(2)7-14-9-16(22-27-14)12-3-4-15-13(8-12)10-23(20(15)26)17-5-6-18(24)21-19(17)25/h3-4,8-9,11,17H,5-7,10H2,1-2H3,(H,21,24,25). The molecule has 4 rings (SSSR count). The van der Waals surface area contributed by atoms with Crippen LogP contribution in [0.2, 0.25) is 0 Å². The van der Waals surface area contributed by atoms with Crippen LogP contribution in [0.4, 0.5) is 0 Å². The van der Waals surface area contributed by atoms with Crippen molar-refractivity contribution in [3.8, 4) is 11.3 Å². The number of piperidine rings is 1. The summed E-state index contributed by atoms with van der Waals surface area (Å²) in [7, 11) is 0. The van der Waals surface area contributed by atoms with Crippen molar-refractivity contribution < 1.29 is 18.9 Å². The highest BCUT2D eigenvalue weighted by Crippen LogP contribution is 2.31. The van der Waals surface area contributed by atoms with Gasteiger partial charge in [-0.2, -0.15) is 0 Å². The summed E-state index contributed by atoms with van der Waals surface area (Å²) in [4.78, 5) is 37.7. The Morgan fingerprint density at radius 2 is 2.07 bits per heavy atom. The molecule has 0 saturated carbocycles. The number of nitrogens with one attached hydrogen (secondary N) is 1. The minimum absolute atomic E-state index is 0.174. The summed E-state index contributed by atoms with van der Waals surface area (Å²) in [5.41, 5.74) is 3.07. The number of hydrogen-bond donors (Lipinski definition) is 1. The Morgan fingerprint density at radius 1 is 1.26 bits per heavy atom. The van der Waals surface area contributed by atoms with Crippen molar-refractivity contribution in [2.24, 2.45) is 5.92 Å². The molecule has 1 atom stereocenters. The molecule has 1 aromatic heterocycles. The first-order valence-electron chi connectivity index (χ1n) is 9.16. The number of benzene rings is 1. The van der Waals surface area contributed by atoms with Gasteiger partial charge in [-0.15, -0.1) is 0 Å². The van der Waals surface area contributed by atoms with Crippen molar-refractivity contribution in [3.05, 3.63) is 41.2 Å². The van der Waals surface area contributed by atoms with Crippen LogP contribution in [-0.2, 0) is 22.6 Å².